The molecule has 2 aromatic carbocycles. The smallest absolute Gasteiger partial charge is 0.227 e. The average Bonchev–Trinajstić information content (AvgIpc) is 2.44. The Morgan fingerprint density at radius 2 is 1.81 bits per heavy atom. The SMILES string of the molecule is CN(Cc1ccc(F)cc1F)C(=O)Cc1ccc(N)cc1. The van der Waals surface area contributed by atoms with Crippen molar-refractivity contribution in [1.82, 2.24) is 4.90 Å². The minimum atomic E-state index is -0.651. The molecule has 3 nitrogen and oxygen atoms in total. The van der Waals surface area contributed by atoms with E-state index in [1.165, 1.54) is 17.0 Å². The number of carbonyl (C=O) groups excluding carboxylic acids is 1. The summed E-state index contributed by atoms with van der Waals surface area (Å²) < 4.78 is 26.4. The van der Waals surface area contributed by atoms with E-state index < -0.39 is 11.6 Å². The molecule has 0 saturated carbocycles. The molecule has 0 saturated heterocycles. The van der Waals surface area contributed by atoms with Gasteiger partial charge in [0.15, 0.2) is 0 Å². The zero-order valence-corrected chi connectivity index (χ0v) is 11.6. The van der Waals surface area contributed by atoms with Gasteiger partial charge in [0.2, 0.25) is 5.91 Å². The van der Waals surface area contributed by atoms with Gasteiger partial charge in [-0.25, -0.2) is 8.78 Å². The first-order valence-corrected chi connectivity index (χ1v) is 6.48. The van der Waals surface area contributed by atoms with E-state index in [9.17, 15) is 13.6 Å². The summed E-state index contributed by atoms with van der Waals surface area (Å²) in [6, 6.07) is 10.3. The molecule has 1 amide bonds. The Balaban J connectivity index is 2.00. The second-order valence-electron chi connectivity index (χ2n) is 4.90. The first-order chi connectivity index (χ1) is 9.95. The van der Waals surface area contributed by atoms with E-state index >= 15 is 0 Å². The normalized spacial score (nSPS) is 10.4. The first kappa shape index (κ1) is 15.0. The van der Waals surface area contributed by atoms with Gasteiger partial charge in [0.05, 0.1) is 6.42 Å². The van der Waals surface area contributed by atoms with Crippen molar-refractivity contribution in [3.8, 4) is 0 Å². The predicted octanol–water partition coefficient (Wildman–Crippen LogP) is 2.75. The molecule has 0 aliphatic rings. The molecule has 5 heteroatoms. The van der Waals surface area contributed by atoms with Crippen molar-refractivity contribution < 1.29 is 13.6 Å². The van der Waals surface area contributed by atoms with Crippen molar-refractivity contribution >= 4 is 11.6 Å². The summed E-state index contributed by atoms with van der Waals surface area (Å²) in [4.78, 5) is 13.5. The van der Waals surface area contributed by atoms with Crippen molar-refractivity contribution in [1.29, 1.82) is 0 Å². The van der Waals surface area contributed by atoms with Gasteiger partial charge in [-0.05, 0) is 23.8 Å². The quantitative estimate of drug-likeness (QED) is 0.880. The zero-order chi connectivity index (χ0) is 15.4. The largest absolute Gasteiger partial charge is 0.399 e. The van der Waals surface area contributed by atoms with Crippen molar-refractivity contribution in [3.63, 3.8) is 0 Å². The number of likely N-dealkylation sites (N-methyl/N-ethyl adjacent to an activating group) is 1. The average molecular weight is 290 g/mol. The van der Waals surface area contributed by atoms with Crippen LogP contribution < -0.4 is 5.73 Å². The predicted molar refractivity (Wildman–Crippen MR) is 77.4 cm³/mol. The molecular formula is C16H16F2N2O. The molecule has 2 rings (SSSR count). The standard InChI is InChI=1S/C16H16F2N2O/c1-20(10-12-4-5-13(17)9-15(12)18)16(21)8-11-2-6-14(19)7-3-11/h2-7,9H,8,10,19H2,1H3. The highest BCUT2D eigenvalue weighted by Crippen LogP contribution is 2.13. The molecule has 110 valence electrons. The van der Waals surface area contributed by atoms with Gasteiger partial charge in [-0.1, -0.05) is 18.2 Å². The van der Waals surface area contributed by atoms with Crippen LogP contribution in [0.3, 0.4) is 0 Å². The van der Waals surface area contributed by atoms with Crippen LogP contribution in [-0.2, 0) is 17.8 Å². The van der Waals surface area contributed by atoms with Crippen LogP contribution in [-0.4, -0.2) is 17.9 Å². The highest BCUT2D eigenvalue weighted by molar-refractivity contribution is 5.78. The van der Waals surface area contributed by atoms with Gasteiger partial charge in [-0.2, -0.15) is 0 Å². The summed E-state index contributed by atoms with van der Waals surface area (Å²) in [7, 11) is 1.59. The van der Waals surface area contributed by atoms with Crippen LogP contribution in [0.15, 0.2) is 42.5 Å². The Hall–Kier alpha value is -2.43. The number of anilines is 1. The molecule has 0 aliphatic heterocycles. The summed E-state index contributed by atoms with van der Waals surface area (Å²) in [5, 5.41) is 0. The maximum absolute atomic E-state index is 13.6. The number of hydrogen-bond donors (Lipinski definition) is 1. The van der Waals surface area contributed by atoms with Crippen LogP contribution in [0.2, 0.25) is 0 Å². The molecule has 0 aliphatic carbocycles. The number of hydrogen-bond acceptors (Lipinski definition) is 2. The highest BCUT2D eigenvalue weighted by atomic mass is 19.1. The van der Waals surface area contributed by atoms with Crippen LogP contribution in [0.4, 0.5) is 14.5 Å². The van der Waals surface area contributed by atoms with Gasteiger partial charge in [0.25, 0.3) is 0 Å². The maximum atomic E-state index is 13.6. The number of rotatable bonds is 4. The lowest BCUT2D eigenvalue weighted by Gasteiger charge is -2.18. The molecule has 21 heavy (non-hydrogen) atoms. The molecule has 0 atom stereocenters. The number of nitrogens with two attached hydrogens (primary N) is 1. The monoisotopic (exact) mass is 290 g/mol. The summed E-state index contributed by atoms with van der Waals surface area (Å²) >= 11 is 0. The number of carbonyl (C=O) groups is 1. The lowest BCUT2D eigenvalue weighted by molar-refractivity contribution is -0.129. The Labute approximate surface area is 122 Å². The third-order valence-electron chi connectivity index (χ3n) is 3.18. The van der Waals surface area contributed by atoms with Gasteiger partial charge < -0.3 is 10.6 Å². The molecular weight excluding hydrogens is 274 g/mol. The first-order valence-electron chi connectivity index (χ1n) is 6.48. The molecule has 0 unspecified atom stereocenters. The number of halogens is 2. The van der Waals surface area contributed by atoms with Crippen LogP contribution in [0.5, 0.6) is 0 Å². The van der Waals surface area contributed by atoms with E-state index in [1.54, 1.807) is 31.3 Å². The summed E-state index contributed by atoms with van der Waals surface area (Å²) in [6.45, 7) is 0.0971. The molecule has 2 N–H and O–H groups in total. The number of benzene rings is 2. The number of amides is 1. The molecule has 0 aromatic heterocycles. The van der Waals surface area contributed by atoms with Gasteiger partial charge >= 0.3 is 0 Å². The van der Waals surface area contributed by atoms with Gasteiger partial charge in [0, 0.05) is 30.9 Å². The zero-order valence-electron chi connectivity index (χ0n) is 11.6. The van der Waals surface area contributed by atoms with E-state index in [-0.39, 0.29) is 24.4 Å². The fraction of sp³-hybridized carbons (Fsp3) is 0.188. The molecule has 0 fully saturated rings. The van der Waals surface area contributed by atoms with E-state index in [0.717, 1.165) is 11.6 Å². The highest BCUT2D eigenvalue weighted by Gasteiger charge is 2.13. The number of nitrogen functional groups attached to an aromatic ring is 1. The maximum Gasteiger partial charge on any atom is 0.227 e. The van der Waals surface area contributed by atoms with Gasteiger partial charge in [-0.3, -0.25) is 4.79 Å². The molecule has 2 aromatic rings. The summed E-state index contributed by atoms with van der Waals surface area (Å²) in [5.41, 5.74) is 7.33. The van der Waals surface area contributed by atoms with Crippen LogP contribution in [0.25, 0.3) is 0 Å². The van der Waals surface area contributed by atoms with Gasteiger partial charge in [0.1, 0.15) is 11.6 Å². The molecule has 0 spiro atoms. The van der Waals surface area contributed by atoms with Crippen molar-refractivity contribution in [3.05, 3.63) is 65.2 Å². The summed E-state index contributed by atoms with van der Waals surface area (Å²) in [6.07, 6.45) is 0.208. The summed E-state index contributed by atoms with van der Waals surface area (Å²) in [5.74, 6) is -1.43. The van der Waals surface area contributed by atoms with E-state index in [1.807, 2.05) is 0 Å². The second kappa shape index (κ2) is 6.35. The fourth-order valence-corrected chi connectivity index (χ4v) is 1.94. The Morgan fingerprint density at radius 3 is 2.43 bits per heavy atom. The number of nitrogens with zero attached hydrogens (tertiary/aromatic N) is 1. The minimum absolute atomic E-state index is 0.0971. The Bertz CT molecular complexity index is 641. The third-order valence-corrected chi connectivity index (χ3v) is 3.18. The van der Waals surface area contributed by atoms with Crippen LogP contribution in [0.1, 0.15) is 11.1 Å². The van der Waals surface area contributed by atoms with E-state index in [2.05, 4.69) is 0 Å². The lowest BCUT2D eigenvalue weighted by atomic mass is 10.1. The fourth-order valence-electron chi connectivity index (χ4n) is 1.94. The molecule has 0 radical (unpaired) electrons. The lowest BCUT2D eigenvalue weighted by Crippen LogP contribution is -2.28. The Morgan fingerprint density at radius 1 is 1.14 bits per heavy atom. The van der Waals surface area contributed by atoms with E-state index in [0.29, 0.717) is 5.69 Å². The van der Waals surface area contributed by atoms with E-state index in [4.69, 9.17) is 5.73 Å². The van der Waals surface area contributed by atoms with Crippen molar-refractivity contribution in [2.75, 3.05) is 12.8 Å². The third kappa shape index (κ3) is 4.02. The molecule has 0 bridgehead atoms. The van der Waals surface area contributed by atoms with Crippen molar-refractivity contribution in [2.45, 2.75) is 13.0 Å². The van der Waals surface area contributed by atoms with Gasteiger partial charge in [-0.15, -0.1) is 0 Å². The topological polar surface area (TPSA) is 46.3 Å². The van der Waals surface area contributed by atoms with Crippen LogP contribution >= 0.6 is 0 Å². The second-order valence-corrected chi connectivity index (χ2v) is 4.90. The minimum Gasteiger partial charge on any atom is -0.399 e. The van der Waals surface area contributed by atoms with Crippen LogP contribution in [0, 0.1) is 11.6 Å². The van der Waals surface area contributed by atoms with Crippen molar-refractivity contribution in [2.24, 2.45) is 0 Å². The Kier molecular flexibility index (Phi) is 4.52. The molecule has 0 heterocycles.